The number of halogens is 1. The summed E-state index contributed by atoms with van der Waals surface area (Å²) in [7, 11) is 0. The Balaban J connectivity index is 2.25. The normalized spacial score (nSPS) is 12.2. The molecule has 0 amide bonds. The highest BCUT2D eigenvalue weighted by Gasteiger charge is 2.11. The van der Waals surface area contributed by atoms with E-state index >= 15 is 0 Å². The van der Waals surface area contributed by atoms with Gasteiger partial charge < -0.3 is 10.4 Å². The minimum absolute atomic E-state index is 0.0496. The summed E-state index contributed by atoms with van der Waals surface area (Å²) in [6, 6.07) is 12.0. The van der Waals surface area contributed by atoms with Crippen molar-refractivity contribution in [2.24, 2.45) is 0 Å². The van der Waals surface area contributed by atoms with Crippen molar-refractivity contribution in [2.45, 2.75) is 26.8 Å². The van der Waals surface area contributed by atoms with Crippen LogP contribution in [0.3, 0.4) is 0 Å². The molecule has 0 aliphatic heterocycles. The van der Waals surface area contributed by atoms with Crippen LogP contribution >= 0.6 is 15.9 Å². The summed E-state index contributed by atoms with van der Waals surface area (Å²) in [4.78, 5) is 0. The standard InChI is InChI=1S/C16H18BrNO/c1-10-4-7-14(16(19)8-10)12(3)18-15-9-13(17)6-5-11(15)2/h4-9,12,18-19H,1-3H3. The summed E-state index contributed by atoms with van der Waals surface area (Å²) in [6.07, 6.45) is 0. The third-order valence-corrected chi connectivity index (χ3v) is 3.72. The van der Waals surface area contributed by atoms with Crippen LogP contribution in [-0.2, 0) is 0 Å². The number of anilines is 1. The fourth-order valence-electron chi connectivity index (χ4n) is 2.08. The first-order valence-electron chi connectivity index (χ1n) is 6.29. The van der Waals surface area contributed by atoms with Gasteiger partial charge in [-0.3, -0.25) is 0 Å². The lowest BCUT2D eigenvalue weighted by Crippen LogP contribution is -2.08. The van der Waals surface area contributed by atoms with E-state index in [-0.39, 0.29) is 6.04 Å². The fraction of sp³-hybridized carbons (Fsp3) is 0.250. The molecule has 2 N–H and O–H groups in total. The molecule has 2 rings (SSSR count). The molecule has 2 nitrogen and oxygen atoms in total. The zero-order chi connectivity index (χ0) is 14.0. The number of hydrogen-bond acceptors (Lipinski definition) is 2. The van der Waals surface area contributed by atoms with Gasteiger partial charge in [0.05, 0.1) is 6.04 Å². The first-order valence-corrected chi connectivity index (χ1v) is 7.09. The molecule has 2 aromatic rings. The minimum Gasteiger partial charge on any atom is -0.508 e. The number of hydrogen-bond donors (Lipinski definition) is 2. The molecule has 1 atom stereocenters. The second kappa shape index (κ2) is 5.66. The van der Waals surface area contributed by atoms with Crippen LogP contribution in [0.2, 0.25) is 0 Å². The van der Waals surface area contributed by atoms with Crippen LogP contribution in [0.1, 0.15) is 29.7 Å². The van der Waals surface area contributed by atoms with Crippen molar-refractivity contribution in [1.82, 2.24) is 0 Å². The Morgan fingerprint density at radius 2 is 1.84 bits per heavy atom. The van der Waals surface area contributed by atoms with E-state index in [1.807, 2.05) is 32.0 Å². The zero-order valence-corrected chi connectivity index (χ0v) is 13.0. The summed E-state index contributed by atoms with van der Waals surface area (Å²) in [5.41, 5.74) is 4.22. The molecule has 0 bridgehead atoms. The highest BCUT2D eigenvalue weighted by molar-refractivity contribution is 9.10. The molecule has 0 aromatic heterocycles. The molecule has 0 spiro atoms. The lowest BCUT2D eigenvalue weighted by Gasteiger charge is -2.19. The van der Waals surface area contributed by atoms with E-state index in [1.54, 1.807) is 6.07 Å². The second-order valence-corrected chi connectivity index (χ2v) is 5.80. The van der Waals surface area contributed by atoms with Crippen LogP contribution in [-0.4, -0.2) is 5.11 Å². The molecular formula is C16H18BrNO. The molecule has 1 unspecified atom stereocenters. The van der Waals surface area contributed by atoms with Gasteiger partial charge in [0, 0.05) is 15.7 Å². The quantitative estimate of drug-likeness (QED) is 0.839. The Bertz CT molecular complexity index is 595. The topological polar surface area (TPSA) is 32.3 Å². The van der Waals surface area contributed by atoms with Gasteiger partial charge in [0.25, 0.3) is 0 Å². The van der Waals surface area contributed by atoms with Gasteiger partial charge in [0.2, 0.25) is 0 Å². The van der Waals surface area contributed by atoms with Crippen molar-refractivity contribution in [3.8, 4) is 5.75 Å². The summed E-state index contributed by atoms with van der Waals surface area (Å²) in [5.74, 6) is 0.340. The van der Waals surface area contributed by atoms with E-state index < -0.39 is 0 Å². The second-order valence-electron chi connectivity index (χ2n) is 4.89. The van der Waals surface area contributed by atoms with Crippen molar-refractivity contribution in [3.05, 3.63) is 57.6 Å². The van der Waals surface area contributed by atoms with Gasteiger partial charge >= 0.3 is 0 Å². The number of benzene rings is 2. The number of aromatic hydroxyl groups is 1. The number of nitrogens with one attached hydrogen (secondary N) is 1. The van der Waals surface area contributed by atoms with Crippen molar-refractivity contribution >= 4 is 21.6 Å². The average Bonchev–Trinajstić information content (AvgIpc) is 2.33. The summed E-state index contributed by atoms with van der Waals surface area (Å²) < 4.78 is 1.04. The summed E-state index contributed by atoms with van der Waals surface area (Å²) >= 11 is 3.48. The van der Waals surface area contributed by atoms with Gasteiger partial charge in [-0.15, -0.1) is 0 Å². The summed E-state index contributed by atoms with van der Waals surface area (Å²) in [6.45, 7) is 6.08. The van der Waals surface area contributed by atoms with E-state index in [0.29, 0.717) is 5.75 Å². The third kappa shape index (κ3) is 3.29. The van der Waals surface area contributed by atoms with E-state index in [9.17, 15) is 5.11 Å². The SMILES string of the molecule is Cc1ccc(C(C)Nc2cc(Br)ccc2C)c(O)c1. The van der Waals surface area contributed by atoms with Crippen LogP contribution in [0.5, 0.6) is 5.75 Å². The predicted octanol–water partition coefficient (Wildman–Crippen LogP) is 4.94. The maximum Gasteiger partial charge on any atom is 0.121 e. The smallest absolute Gasteiger partial charge is 0.121 e. The molecule has 0 aliphatic carbocycles. The molecule has 0 radical (unpaired) electrons. The highest BCUT2D eigenvalue weighted by Crippen LogP contribution is 2.30. The monoisotopic (exact) mass is 319 g/mol. The largest absolute Gasteiger partial charge is 0.508 e. The van der Waals surface area contributed by atoms with E-state index in [0.717, 1.165) is 21.3 Å². The molecule has 3 heteroatoms. The Morgan fingerprint density at radius 3 is 2.53 bits per heavy atom. The number of aryl methyl sites for hydroxylation is 2. The minimum atomic E-state index is 0.0496. The van der Waals surface area contributed by atoms with E-state index in [4.69, 9.17) is 0 Å². The van der Waals surface area contributed by atoms with Gasteiger partial charge in [-0.2, -0.15) is 0 Å². The van der Waals surface area contributed by atoms with E-state index in [1.165, 1.54) is 5.56 Å². The van der Waals surface area contributed by atoms with Crippen molar-refractivity contribution in [1.29, 1.82) is 0 Å². The molecule has 0 saturated heterocycles. The molecule has 0 aliphatic rings. The lowest BCUT2D eigenvalue weighted by molar-refractivity contribution is 0.465. The lowest BCUT2D eigenvalue weighted by atomic mass is 10.0. The molecule has 0 fully saturated rings. The fourth-order valence-corrected chi connectivity index (χ4v) is 2.44. The van der Waals surface area contributed by atoms with E-state index in [2.05, 4.69) is 40.3 Å². The van der Waals surface area contributed by atoms with Crippen LogP contribution < -0.4 is 5.32 Å². The van der Waals surface area contributed by atoms with Gasteiger partial charge in [0.15, 0.2) is 0 Å². The molecule has 19 heavy (non-hydrogen) atoms. The first kappa shape index (κ1) is 13.9. The summed E-state index contributed by atoms with van der Waals surface area (Å²) in [5, 5.41) is 13.5. The average molecular weight is 320 g/mol. The number of phenolic OH excluding ortho intramolecular Hbond substituents is 1. The van der Waals surface area contributed by atoms with Crippen molar-refractivity contribution < 1.29 is 5.11 Å². The van der Waals surface area contributed by atoms with Gasteiger partial charge in [-0.1, -0.05) is 34.1 Å². The maximum absolute atomic E-state index is 10.0. The van der Waals surface area contributed by atoms with Crippen molar-refractivity contribution in [2.75, 3.05) is 5.32 Å². The van der Waals surface area contributed by atoms with Crippen LogP contribution in [0.4, 0.5) is 5.69 Å². The number of phenols is 1. The van der Waals surface area contributed by atoms with Crippen LogP contribution in [0, 0.1) is 13.8 Å². The van der Waals surface area contributed by atoms with Crippen molar-refractivity contribution in [3.63, 3.8) is 0 Å². The highest BCUT2D eigenvalue weighted by atomic mass is 79.9. The molecule has 0 saturated carbocycles. The van der Waals surface area contributed by atoms with Gasteiger partial charge in [0.1, 0.15) is 5.75 Å². The molecule has 0 heterocycles. The first-order chi connectivity index (χ1) is 8.97. The van der Waals surface area contributed by atoms with Gasteiger partial charge in [-0.05, 0) is 50.1 Å². The third-order valence-electron chi connectivity index (χ3n) is 3.22. The number of rotatable bonds is 3. The molecular weight excluding hydrogens is 302 g/mol. The molecule has 100 valence electrons. The predicted molar refractivity (Wildman–Crippen MR) is 83.8 cm³/mol. The maximum atomic E-state index is 10.0. The van der Waals surface area contributed by atoms with Gasteiger partial charge in [-0.25, -0.2) is 0 Å². The Labute approximate surface area is 122 Å². The Hall–Kier alpha value is -1.48. The molecule has 2 aromatic carbocycles. The Kier molecular flexibility index (Phi) is 4.15. The Morgan fingerprint density at radius 1 is 1.11 bits per heavy atom. The zero-order valence-electron chi connectivity index (χ0n) is 11.4. The van der Waals surface area contributed by atoms with Crippen LogP contribution in [0.15, 0.2) is 40.9 Å². The van der Waals surface area contributed by atoms with Crippen LogP contribution in [0.25, 0.3) is 0 Å².